The smallest absolute Gasteiger partial charge is 0.319 e. The molecule has 2 aromatic heterocycles. The lowest BCUT2D eigenvalue weighted by molar-refractivity contribution is 0.107. The Morgan fingerprint density at radius 2 is 2.09 bits per heavy atom. The third kappa shape index (κ3) is 5.28. The Morgan fingerprint density at radius 3 is 2.87 bits per heavy atom. The minimum Gasteiger partial charge on any atom is -0.461 e. The molecule has 0 amide bonds. The first-order valence-corrected chi connectivity index (χ1v) is 15.8. The van der Waals surface area contributed by atoms with Gasteiger partial charge >= 0.3 is 6.01 Å². The second-order valence-electron chi connectivity index (χ2n) is 12.7. The number of rotatable bonds is 7. The quantitative estimate of drug-likeness (QED) is 0.269. The zero-order valence-electron chi connectivity index (χ0n) is 25.6. The normalized spacial score (nSPS) is 22.9. The van der Waals surface area contributed by atoms with Gasteiger partial charge in [-0.1, -0.05) is 18.4 Å². The van der Waals surface area contributed by atoms with Crippen molar-refractivity contribution in [3.63, 3.8) is 0 Å². The van der Waals surface area contributed by atoms with Crippen LogP contribution in [-0.4, -0.2) is 77.4 Å². The molecule has 2 aromatic carbocycles. The average molecular weight is 626 g/mol. The molecule has 4 aromatic rings. The molecule has 0 aliphatic carbocycles. The van der Waals surface area contributed by atoms with E-state index in [9.17, 15) is 14.0 Å². The van der Waals surface area contributed by atoms with Crippen molar-refractivity contribution in [1.82, 2.24) is 25.2 Å². The highest BCUT2D eigenvalue weighted by Gasteiger charge is 2.49. The van der Waals surface area contributed by atoms with Gasteiger partial charge in [0.1, 0.15) is 35.6 Å². The van der Waals surface area contributed by atoms with E-state index in [-0.39, 0.29) is 51.9 Å². The molecule has 7 rings (SSSR count). The highest BCUT2D eigenvalue weighted by molar-refractivity contribution is 6.02. The molecule has 1 N–H and O–H groups in total. The Balaban J connectivity index is 1.36. The van der Waals surface area contributed by atoms with Crippen LogP contribution in [0, 0.1) is 35.3 Å². The molecule has 0 spiro atoms. The first kappa shape index (κ1) is 30.2. The first-order chi connectivity index (χ1) is 22.3. The van der Waals surface area contributed by atoms with E-state index in [1.54, 1.807) is 6.07 Å². The van der Waals surface area contributed by atoms with Crippen molar-refractivity contribution in [2.24, 2.45) is 0 Å². The van der Waals surface area contributed by atoms with Crippen LogP contribution in [0.15, 0.2) is 30.5 Å². The number of anilines is 1. The van der Waals surface area contributed by atoms with Crippen molar-refractivity contribution in [2.75, 3.05) is 44.7 Å². The summed E-state index contributed by atoms with van der Waals surface area (Å²) in [6.07, 6.45) is 11.7. The zero-order chi connectivity index (χ0) is 32.0. The molecule has 3 atom stereocenters. The summed E-state index contributed by atoms with van der Waals surface area (Å²) in [4.78, 5) is 17.9. The van der Waals surface area contributed by atoms with Crippen molar-refractivity contribution in [3.8, 4) is 35.7 Å². The van der Waals surface area contributed by atoms with E-state index in [2.05, 4.69) is 32.2 Å². The lowest BCUT2D eigenvalue weighted by Gasteiger charge is -2.31. The van der Waals surface area contributed by atoms with Gasteiger partial charge < -0.3 is 15.0 Å². The third-order valence-electron chi connectivity index (χ3n) is 9.74. The summed E-state index contributed by atoms with van der Waals surface area (Å²) in [5.74, 6) is 1.42. The Bertz CT molecular complexity index is 1920. The number of hydrogen-bond donors (Lipinski definition) is 1. The number of likely N-dealkylation sites (N-methyl/N-ethyl adjacent to an activating group) is 1. The van der Waals surface area contributed by atoms with Crippen LogP contribution in [0.2, 0.25) is 0 Å². The highest BCUT2D eigenvalue weighted by atomic mass is 19.1. The largest absolute Gasteiger partial charge is 0.461 e. The van der Waals surface area contributed by atoms with Gasteiger partial charge in [-0.2, -0.15) is 15.2 Å². The zero-order valence-corrected chi connectivity index (χ0v) is 25.6. The standard InChI is InChI=1S/C35H34F3N7O/c1-3-25-28(37)9-8-22-13-21(16-39)14-26(29(22)25)31-30(38)32-27(17-41-31)33(44(2)19-24-7-4-5-11-40-24)43-34(42-32)46-20-35-10-6-12-45(35)18-23(36)15-35/h1,8-9,13-14,17,23-24,40H,4-7,10-12,15,18-20H2,2H3/t23-,24-,35+/m1/s1. The number of ether oxygens (including phenoxy) is 1. The fourth-order valence-electron chi connectivity index (χ4n) is 7.54. The predicted octanol–water partition coefficient (Wildman–Crippen LogP) is 5.51. The van der Waals surface area contributed by atoms with Crippen LogP contribution in [-0.2, 0) is 0 Å². The molecule has 236 valence electrons. The summed E-state index contributed by atoms with van der Waals surface area (Å²) in [5.41, 5.74) is -0.214. The minimum atomic E-state index is -0.922. The number of hydrogen-bond acceptors (Lipinski definition) is 8. The van der Waals surface area contributed by atoms with Gasteiger partial charge in [0.2, 0.25) is 0 Å². The van der Waals surface area contributed by atoms with E-state index in [0.717, 1.165) is 45.2 Å². The van der Waals surface area contributed by atoms with Gasteiger partial charge in [-0.25, -0.2) is 13.2 Å². The molecule has 3 aliphatic heterocycles. The second kappa shape index (κ2) is 12.1. The van der Waals surface area contributed by atoms with Gasteiger partial charge in [-0.15, -0.1) is 6.42 Å². The molecule has 3 aliphatic rings. The maximum Gasteiger partial charge on any atom is 0.319 e. The fraction of sp³-hybridized carbons (Fsp3) is 0.429. The Kier molecular flexibility index (Phi) is 7.92. The summed E-state index contributed by atoms with van der Waals surface area (Å²) in [5, 5.41) is 14.4. The van der Waals surface area contributed by atoms with Crippen LogP contribution >= 0.6 is 0 Å². The molecule has 3 saturated heterocycles. The number of halogens is 3. The number of pyridine rings is 1. The Hall–Kier alpha value is -4.45. The number of fused-ring (bicyclic) bond motifs is 3. The summed E-state index contributed by atoms with van der Waals surface area (Å²) < 4.78 is 52.4. The summed E-state index contributed by atoms with van der Waals surface area (Å²) in [7, 11) is 1.89. The summed E-state index contributed by atoms with van der Waals surface area (Å²) >= 11 is 0. The van der Waals surface area contributed by atoms with E-state index in [0.29, 0.717) is 36.1 Å². The lowest BCUT2D eigenvalue weighted by atomic mass is 9.94. The van der Waals surface area contributed by atoms with E-state index < -0.39 is 23.3 Å². The van der Waals surface area contributed by atoms with E-state index in [4.69, 9.17) is 16.1 Å². The van der Waals surface area contributed by atoms with Gasteiger partial charge in [0.15, 0.2) is 5.82 Å². The van der Waals surface area contributed by atoms with Crippen LogP contribution in [0.3, 0.4) is 0 Å². The lowest BCUT2D eigenvalue weighted by Crippen LogP contribution is -2.44. The molecule has 0 radical (unpaired) electrons. The molecule has 8 nitrogen and oxygen atoms in total. The molecular formula is C35H34F3N7O. The van der Waals surface area contributed by atoms with Crippen molar-refractivity contribution in [3.05, 3.63) is 53.2 Å². The Morgan fingerprint density at radius 1 is 1.22 bits per heavy atom. The van der Waals surface area contributed by atoms with Gasteiger partial charge in [0.05, 0.1) is 28.1 Å². The van der Waals surface area contributed by atoms with Crippen LogP contribution < -0.4 is 15.0 Å². The number of nitrogens with one attached hydrogen (secondary N) is 1. The van der Waals surface area contributed by atoms with Gasteiger partial charge in [0.25, 0.3) is 0 Å². The topological polar surface area (TPSA) is 90.2 Å². The molecule has 3 fully saturated rings. The number of terminal acetylenes is 1. The van der Waals surface area contributed by atoms with Gasteiger partial charge in [-0.3, -0.25) is 9.88 Å². The van der Waals surface area contributed by atoms with E-state index >= 15 is 4.39 Å². The Labute approximate surface area is 265 Å². The monoisotopic (exact) mass is 625 g/mol. The van der Waals surface area contributed by atoms with E-state index in [1.165, 1.54) is 24.4 Å². The summed E-state index contributed by atoms with van der Waals surface area (Å²) in [6.45, 7) is 2.93. The molecule has 0 unspecified atom stereocenters. The molecule has 46 heavy (non-hydrogen) atoms. The molecule has 5 heterocycles. The van der Waals surface area contributed by atoms with Crippen molar-refractivity contribution in [2.45, 2.75) is 56.3 Å². The second-order valence-corrected chi connectivity index (χ2v) is 12.7. The van der Waals surface area contributed by atoms with E-state index in [1.807, 2.05) is 11.9 Å². The van der Waals surface area contributed by atoms with Crippen molar-refractivity contribution < 1.29 is 17.9 Å². The number of benzene rings is 2. The van der Waals surface area contributed by atoms with Crippen LogP contribution in [0.4, 0.5) is 19.0 Å². The third-order valence-corrected chi connectivity index (χ3v) is 9.74. The SMILES string of the molecule is C#Cc1c(F)ccc2cc(C#N)cc(-c3ncc4c(N(C)C[C@H]5CCCCN5)nc(OC[C@@]56CCCN5C[C@H](F)C6)nc4c3F)c12. The number of nitriles is 1. The molecule has 0 bridgehead atoms. The van der Waals surface area contributed by atoms with Crippen molar-refractivity contribution >= 4 is 27.5 Å². The van der Waals surface area contributed by atoms with Crippen molar-refractivity contribution in [1.29, 1.82) is 5.26 Å². The number of alkyl halides is 1. The number of piperidine rings is 1. The van der Waals surface area contributed by atoms with Crippen LogP contribution in [0.25, 0.3) is 32.9 Å². The van der Waals surface area contributed by atoms with Crippen LogP contribution in [0.1, 0.15) is 49.7 Å². The van der Waals surface area contributed by atoms with Gasteiger partial charge in [0, 0.05) is 49.7 Å². The fourth-order valence-corrected chi connectivity index (χ4v) is 7.54. The first-order valence-electron chi connectivity index (χ1n) is 15.8. The predicted molar refractivity (Wildman–Crippen MR) is 170 cm³/mol. The maximum absolute atomic E-state index is 16.8. The van der Waals surface area contributed by atoms with Crippen LogP contribution in [0.5, 0.6) is 6.01 Å². The highest BCUT2D eigenvalue weighted by Crippen LogP contribution is 2.41. The summed E-state index contributed by atoms with van der Waals surface area (Å²) in [6, 6.07) is 8.08. The molecule has 0 saturated carbocycles. The average Bonchev–Trinajstić information content (AvgIpc) is 3.59. The molecular weight excluding hydrogens is 591 g/mol. The number of aromatic nitrogens is 3. The minimum absolute atomic E-state index is 0.0171. The maximum atomic E-state index is 16.8. The van der Waals surface area contributed by atoms with Gasteiger partial charge in [-0.05, 0) is 62.4 Å². The number of nitrogens with zero attached hydrogens (tertiary/aromatic N) is 6. The molecule has 11 heteroatoms.